The summed E-state index contributed by atoms with van der Waals surface area (Å²) in [5.41, 5.74) is 7.30. The first-order valence-electron chi connectivity index (χ1n) is 7.74. The summed E-state index contributed by atoms with van der Waals surface area (Å²) in [6.07, 6.45) is 7.21. The van der Waals surface area contributed by atoms with Gasteiger partial charge in [0.05, 0.1) is 5.69 Å². The Morgan fingerprint density at radius 2 is 2.16 bits per heavy atom. The second-order valence-electron chi connectivity index (χ2n) is 5.55. The Bertz CT molecular complexity index is 374. The summed E-state index contributed by atoms with van der Waals surface area (Å²) in [5, 5.41) is 4.37. The van der Waals surface area contributed by atoms with E-state index in [1.165, 1.54) is 31.4 Å². The molecule has 0 spiro atoms. The highest BCUT2D eigenvalue weighted by Gasteiger charge is 2.28. The highest BCUT2D eigenvalue weighted by Crippen LogP contribution is 2.28. The summed E-state index contributed by atoms with van der Waals surface area (Å²) in [5.74, 6) is 0.673. The number of nitrogens with two attached hydrogens (primary N) is 1. The minimum Gasteiger partial charge on any atom is -0.330 e. The standard InChI is InChI=1S/C15H28N4/c1-3-18(12-14-9-10-17-19(14)4-2)15-8-6-5-7-13(15)11-16/h9-10,13,15H,3-8,11-12,16H2,1-2H3. The Kier molecular flexibility index (Phi) is 5.40. The molecule has 4 nitrogen and oxygen atoms in total. The average molecular weight is 264 g/mol. The van der Waals surface area contributed by atoms with Crippen LogP contribution < -0.4 is 5.73 Å². The summed E-state index contributed by atoms with van der Waals surface area (Å²) in [7, 11) is 0. The molecule has 1 aromatic heterocycles. The molecule has 0 saturated heterocycles. The molecule has 1 fully saturated rings. The minimum absolute atomic E-state index is 0.656. The zero-order chi connectivity index (χ0) is 13.7. The Balaban J connectivity index is 2.06. The largest absolute Gasteiger partial charge is 0.330 e. The molecule has 2 N–H and O–H groups in total. The molecule has 1 aliphatic carbocycles. The van der Waals surface area contributed by atoms with Gasteiger partial charge >= 0.3 is 0 Å². The van der Waals surface area contributed by atoms with Gasteiger partial charge in [-0.05, 0) is 44.8 Å². The van der Waals surface area contributed by atoms with Gasteiger partial charge in [-0.2, -0.15) is 5.10 Å². The van der Waals surface area contributed by atoms with Gasteiger partial charge in [-0.25, -0.2) is 0 Å². The maximum atomic E-state index is 5.97. The van der Waals surface area contributed by atoms with Crippen molar-refractivity contribution >= 4 is 0 Å². The summed E-state index contributed by atoms with van der Waals surface area (Å²) < 4.78 is 2.10. The maximum Gasteiger partial charge on any atom is 0.0524 e. The molecule has 1 aromatic rings. The Labute approximate surface area is 117 Å². The van der Waals surface area contributed by atoms with Crippen molar-refractivity contribution in [2.75, 3.05) is 13.1 Å². The van der Waals surface area contributed by atoms with E-state index in [1.54, 1.807) is 0 Å². The third-order valence-electron chi connectivity index (χ3n) is 4.52. The molecule has 0 amide bonds. The van der Waals surface area contributed by atoms with Crippen molar-refractivity contribution < 1.29 is 0 Å². The number of aryl methyl sites for hydroxylation is 1. The van der Waals surface area contributed by atoms with Crippen LogP contribution in [0.1, 0.15) is 45.2 Å². The van der Waals surface area contributed by atoms with Crippen LogP contribution in [0.2, 0.25) is 0 Å². The molecule has 2 unspecified atom stereocenters. The van der Waals surface area contributed by atoms with E-state index in [0.29, 0.717) is 12.0 Å². The molecule has 2 rings (SSSR count). The van der Waals surface area contributed by atoms with E-state index in [9.17, 15) is 0 Å². The van der Waals surface area contributed by atoms with Crippen molar-refractivity contribution in [3.63, 3.8) is 0 Å². The van der Waals surface area contributed by atoms with E-state index in [-0.39, 0.29) is 0 Å². The van der Waals surface area contributed by atoms with Gasteiger partial charge in [0, 0.05) is 25.3 Å². The van der Waals surface area contributed by atoms with Gasteiger partial charge in [-0.15, -0.1) is 0 Å². The van der Waals surface area contributed by atoms with Crippen LogP contribution in [0.25, 0.3) is 0 Å². The number of aromatic nitrogens is 2. The van der Waals surface area contributed by atoms with Gasteiger partial charge in [0.15, 0.2) is 0 Å². The van der Waals surface area contributed by atoms with E-state index in [4.69, 9.17) is 5.73 Å². The molecule has 1 saturated carbocycles. The summed E-state index contributed by atoms with van der Waals surface area (Å²) in [6, 6.07) is 2.80. The predicted molar refractivity (Wildman–Crippen MR) is 78.8 cm³/mol. The fourth-order valence-electron chi connectivity index (χ4n) is 3.39. The first-order valence-corrected chi connectivity index (χ1v) is 7.74. The summed E-state index contributed by atoms with van der Waals surface area (Å²) in [6.45, 7) is 8.28. The Hall–Kier alpha value is -0.870. The lowest BCUT2D eigenvalue weighted by atomic mass is 9.83. The highest BCUT2D eigenvalue weighted by atomic mass is 15.3. The molecule has 19 heavy (non-hydrogen) atoms. The van der Waals surface area contributed by atoms with Crippen LogP contribution in [-0.2, 0) is 13.1 Å². The third-order valence-corrected chi connectivity index (χ3v) is 4.52. The molecule has 1 heterocycles. The first-order chi connectivity index (χ1) is 9.30. The molecule has 1 aliphatic rings. The van der Waals surface area contributed by atoms with Crippen LogP contribution in [0.3, 0.4) is 0 Å². The molecule has 4 heteroatoms. The van der Waals surface area contributed by atoms with E-state index < -0.39 is 0 Å². The zero-order valence-corrected chi connectivity index (χ0v) is 12.4. The number of nitrogens with zero attached hydrogens (tertiary/aromatic N) is 3. The monoisotopic (exact) mass is 264 g/mol. The molecule has 0 bridgehead atoms. The van der Waals surface area contributed by atoms with Crippen LogP contribution in [0, 0.1) is 5.92 Å². The van der Waals surface area contributed by atoms with E-state index in [2.05, 4.69) is 34.6 Å². The topological polar surface area (TPSA) is 47.1 Å². The Morgan fingerprint density at radius 3 is 2.84 bits per heavy atom. The SMILES string of the molecule is CCN(Cc1ccnn1CC)C1CCCCC1CN. The van der Waals surface area contributed by atoms with Gasteiger partial charge in [0.2, 0.25) is 0 Å². The molecule has 108 valence electrons. The maximum absolute atomic E-state index is 5.97. The van der Waals surface area contributed by atoms with Crippen molar-refractivity contribution in [3.8, 4) is 0 Å². The summed E-state index contributed by atoms with van der Waals surface area (Å²) in [4.78, 5) is 2.60. The second-order valence-corrected chi connectivity index (χ2v) is 5.55. The predicted octanol–water partition coefficient (Wildman–Crippen LogP) is 2.24. The number of rotatable bonds is 6. The lowest BCUT2D eigenvalue weighted by molar-refractivity contribution is 0.103. The van der Waals surface area contributed by atoms with Crippen molar-refractivity contribution in [1.82, 2.24) is 14.7 Å². The molecular weight excluding hydrogens is 236 g/mol. The van der Waals surface area contributed by atoms with Gasteiger partial charge in [-0.1, -0.05) is 19.8 Å². The van der Waals surface area contributed by atoms with Gasteiger partial charge in [0.25, 0.3) is 0 Å². The highest BCUT2D eigenvalue weighted by molar-refractivity contribution is 5.01. The van der Waals surface area contributed by atoms with Crippen LogP contribution >= 0.6 is 0 Å². The van der Waals surface area contributed by atoms with Gasteiger partial charge < -0.3 is 5.73 Å². The lowest BCUT2D eigenvalue weighted by Crippen LogP contribution is -2.44. The quantitative estimate of drug-likeness (QED) is 0.857. The number of hydrogen-bond acceptors (Lipinski definition) is 3. The minimum atomic E-state index is 0.656. The fourth-order valence-corrected chi connectivity index (χ4v) is 3.39. The van der Waals surface area contributed by atoms with Gasteiger partial charge in [0.1, 0.15) is 0 Å². The second kappa shape index (κ2) is 7.06. The van der Waals surface area contributed by atoms with E-state index in [1.807, 2.05) is 6.20 Å². The van der Waals surface area contributed by atoms with Crippen LogP contribution in [-0.4, -0.2) is 33.8 Å². The van der Waals surface area contributed by atoms with Crippen molar-refractivity contribution in [2.45, 2.75) is 58.7 Å². The van der Waals surface area contributed by atoms with E-state index >= 15 is 0 Å². The fraction of sp³-hybridized carbons (Fsp3) is 0.800. The molecular formula is C15H28N4. The van der Waals surface area contributed by atoms with E-state index in [0.717, 1.165) is 26.2 Å². The van der Waals surface area contributed by atoms with Crippen molar-refractivity contribution in [3.05, 3.63) is 18.0 Å². The first kappa shape index (κ1) is 14.5. The number of hydrogen-bond donors (Lipinski definition) is 1. The van der Waals surface area contributed by atoms with Crippen LogP contribution in [0.5, 0.6) is 0 Å². The Morgan fingerprint density at radius 1 is 1.37 bits per heavy atom. The molecule has 2 atom stereocenters. The zero-order valence-electron chi connectivity index (χ0n) is 12.4. The van der Waals surface area contributed by atoms with Crippen LogP contribution in [0.15, 0.2) is 12.3 Å². The third kappa shape index (κ3) is 3.37. The molecule has 0 aliphatic heterocycles. The lowest BCUT2D eigenvalue weighted by Gasteiger charge is -2.39. The molecule has 0 aromatic carbocycles. The van der Waals surface area contributed by atoms with Crippen molar-refractivity contribution in [1.29, 1.82) is 0 Å². The van der Waals surface area contributed by atoms with Crippen LogP contribution in [0.4, 0.5) is 0 Å². The average Bonchev–Trinajstić information content (AvgIpc) is 2.92. The smallest absolute Gasteiger partial charge is 0.0524 e. The normalized spacial score (nSPS) is 24.0. The van der Waals surface area contributed by atoms with Crippen molar-refractivity contribution in [2.24, 2.45) is 11.7 Å². The molecule has 0 radical (unpaired) electrons. The van der Waals surface area contributed by atoms with Gasteiger partial charge in [-0.3, -0.25) is 9.58 Å². The summed E-state index contributed by atoms with van der Waals surface area (Å²) >= 11 is 0.